The molecule has 0 saturated carbocycles. The van der Waals surface area contributed by atoms with Crippen molar-refractivity contribution in [3.63, 3.8) is 0 Å². The van der Waals surface area contributed by atoms with Crippen molar-refractivity contribution >= 4 is 11.3 Å². The van der Waals surface area contributed by atoms with Gasteiger partial charge in [0, 0.05) is 5.38 Å². The van der Waals surface area contributed by atoms with Crippen LogP contribution in [0.5, 0.6) is 0 Å². The van der Waals surface area contributed by atoms with E-state index in [0.717, 1.165) is 6.54 Å². The lowest BCUT2D eigenvalue weighted by molar-refractivity contribution is 0.375. The summed E-state index contributed by atoms with van der Waals surface area (Å²) >= 11 is 1.81. The van der Waals surface area contributed by atoms with Gasteiger partial charge in [0.1, 0.15) is 5.01 Å². The van der Waals surface area contributed by atoms with Crippen LogP contribution in [0.15, 0.2) is 5.38 Å². The zero-order valence-corrected chi connectivity index (χ0v) is 12.6. The van der Waals surface area contributed by atoms with Crippen molar-refractivity contribution in [2.24, 2.45) is 5.92 Å². The van der Waals surface area contributed by atoms with Crippen molar-refractivity contribution in [2.75, 3.05) is 6.54 Å². The molecule has 17 heavy (non-hydrogen) atoms. The molecule has 0 aromatic carbocycles. The van der Waals surface area contributed by atoms with Crippen LogP contribution in [0.2, 0.25) is 0 Å². The molecule has 1 aromatic heterocycles. The Bertz CT molecular complexity index is 320. The standard InChI is InChI=1S/C14H26N2S/c1-6-8-15-13(11(5)7-2)14-16-12(9-17-14)10(3)4/h9-11,13,15H,6-8H2,1-5H3. The first kappa shape index (κ1) is 14.7. The molecule has 0 saturated heterocycles. The maximum atomic E-state index is 4.79. The molecule has 0 radical (unpaired) electrons. The summed E-state index contributed by atoms with van der Waals surface area (Å²) in [5, 5.41) is 7.11. The maximum absolute atomic E-state index is 4.79. The molecule has 0 aliphatic rings. The van der Waals surface area contributed by atoms with E-state index in [-0.39, 0.29) is 0 Å². The third kappa shape index (κ3) is 4.07. The number of thiazole rings is 1. The van der Waals surface area contributed by atoms with Gasteiger partial charge in [-0.2, -0.15) is 0 Å². The number of hydrogen-bond acceptors (Lipinski definition) is 3. The molecular weight excluding hydrogens is 228 g/mol. The van der Waals surface area contributed by atoms with Crippen LogP contribution in [-0.4, -0.2) is 11.5 Å². The van der Waals surface area contributed by atoms with Gasteiger partial charge in [-0.05, 0) is 24.8 Å². The van der Waals surface area contributed by atoms with Crippen molar-refractivity contribution in [2.45, 2.75) is 59.4 Å². The van der Waals surface area contributed by atoms with E-state index in [2.05, 4.69) is 45.3 Å². The average Bonchev–Trinajstić information content (AvgIpc) is 2.78. The molecule has 2 nitrogen and oxygen atoms in total. The molecule has 0 aliphatic heterocycles. The summed E-state index contributed by atoms with van der Waals surface area (Å²) in [6.07, 6.45) is 2.37. The Morgan fingerprint density at radius 2 is 2.00 bits per heavy atom. The molecule has 0 amide bonds. The summed E-state index contributed by atoms with van der Waals surface area (Å²) in [6.45, 7) is 12.3. The van der Waals surface area contributed by atoms with E-state index in [9.17, 15) is 0 Å². The average molecular weight is 254 g/mol. The van der Waals surface area contributed by atoms with E-state index in [1.54, 1.807) is 11.3 Å². The monoisotopic (exact) mass is 254 g/mol. The molecule has 0 bridgehead atoms. The second-order valence-electron chi connectivity index (χ2n) is 5.08. The van der Waals surface area contributed by atoms with Gasteiger partial charge in [0.05, 0.1) is 11.7 Å². The second kappa shape index (κ2) is 7.12. The Hall–Kier alpha value is -0.410. The van der Waals surface area contributed by atoms with E-state index >= 15 is 0 Å². The van der Waals surface area contributed by atoms with E-state index in [0.29, 0.717) is 17.9 Å². The molecule has 1 N–H and O–H groups in total. The molecular formula is C14H26N2S. The van der Waals surface area contributed by atoms with E-state index in [1.807, 2.05) is 0 Å². The van der Waals surface area contributed by atoms with Gasteiger partial charge < -0.3 is 5.32 Å². The Kier molecular flexibility index (Phi) is 6.14. The lowest BCUT2D eigenvalue weighted by atomic mass is 9.99. The van der Waals surface area contributed by atoms with E-state index < -0.39 is 0 Å². The molecule has 1 aromatic rings. The predicted molar refractivity (Wildman–Crippen MR) is 76.7 cm³/mol. The molecule has 1 rings (SSSR count). The fraction of sp³-hybridized carbons (Fsp3) is 0.786. The first-order chi connectivity index (χ1) is 8.10. The first-order valence-corrected chi connectivity index (χ1v) is 7.66. The van der Waals surface area contributed by atoms with Crippen LogP contribution in [0, 0.1) is 5.92 Å². The fourth-order valence-corrected chi connectivity index (χ4v) is 2.96. The number of nitrogens with zero attached hydrogens (tertiary/aromatic N) is 1. The second-order valence-corrected chi connectivity index (χ2v) is 5.97. The van der Waals surface area contributed by atoms with E-state index in [4.69, 9.17) is 4.98 Å². The van der Waals surface area contributed by atoms with Crippen molar-refractivity contribution in [3.05, 3.63) is 16.1 Å². The van der Waals surface area contributed by atoms with E-state index in [1.165, 1.54) is 23.5 Å². The smallest absolute Gasteiger partial charge is 0.110 e. The molecule has 2 unspecified atom stereocenters. The molecule has 0 aliphatic carbocycles. The third-order valence-electron chi connectivity index (χ3n) is 3.22. The number of nitrogens with one attached hydrogen (secondary N) is 1. The Balaban J connectivity index is 2.80. The summed E-state index contributed by atoms with van der Waals surface area (Å²) in [6, 6.07) is 0.428. The highest BCUT2D eigenvalue weighted by molar-refractivity contribution is 7.09. The first-order valence-electron chi connectivity index (χ1n) is 6.78. The van der Waals surface area contributed by atoms with Crippen LogP contribution in [0.4, 0.5) is 0 Å². The Morgan fingerprint density at radius 1 is 1.29 bits per heavy atom. The Labute approximate surface area is 110 Å². The van der Waals surface area contributed by atoms with Crippen LogP contribution in [0.25, 0.3) is 0 Å². The van der Waals surface area contributed by atoms with Crippen molar-refractivity contribution in [1.29, 1.82) is 0 Å². The SMILES string of the molecule is CCCNC(c1nc(C(C)C)cs1)C(C)CC. The van der Waals surface area contributed by atoms with Gasteiger partial charge in [-0.3, -0.25) is 0 Å². The molecule has 3 heteroatoms. The maximum Gasteiger partial charge on any atom is 0.110 e. The minimum Gasteiger partial charge on any atom is -0.308 e. The van der Waals surface area contributed by atoms with Gasteiger partial charge in [0.25, 0.3) is 0 Å². The van der Waals surface area contributed by atoms with Gasteiger partial charge in [0.15, 0.2) is 0 Å². The molecule has 2 atom stereocenters. The van der Waals surface area contributed by atoms with Gasteiger partial charge in [-0.1, -0.05) is 41.0 Å². The highest BCUT2D eigenvalue weighted by atomic mass is 32.1. The molecule has 0 fully saturated rings. The normalized spacial score (nSPS) is 15.2. The minimum atomic E-state index is 0.428. The summed E-state index contributed by atoms with van der Waals surface area (Å²) < 4.78 is 0. The van der Waals surface area contributed by atoms with Gasteiger partial charge in [-0.25, -0.2) is 4.98 Å². The summed E-state index contributed by atoms with van der Waals surface area (Å²) in [5.41, 5.74) is 1.23. The summed E-state index contributed by atoms with van der Waals surface area (Å²) in [7, 11) is 0. The van der Waals surface area contributed by atoms with Crippen LogP contribution < -0.4 is 5.32 Å². The van der Waals surface area contributed by atoms with Crippen molar-refractivity contribution < 1.29 is 0 Å². The topological polar surface area (TPSA) is 24.9 Å². The number of rotatable bonds is 7. The summed E-state index contributed by atoms with van der Waals surface area (Å²) in [5.74, 6) is 1.18. The van der Waals surface area contributed by atoms with Gasteiger partial charge >= 0.3 is 0 Å². The minimum absolute atomic E-state index is 0.428. The van der Waals surface area contributed by atoms with Crippen molar-refractivity contribution in [3.8, 4) is 0 Å². The van der Waals surface area contributed by atoms with Crippen LogP contribution in [0.3, 0.4) is 0 Å². The van der Waals surface area contributed by atoms with Gasteiger partial charge in [0.2, 0.25) is 0 Å². The summed E-state index contributed by atoms with van der Waals surface area (Å²) in [4.78, 5) is 4.79. The molecule has 1 heterocycles. The van der Waals surface area contributed by atoms with Crippen LogP contribution in [0.1, 0.15) is 70.1 Å². The molecule has 98 valence electrons. The largest absolute Gasteiger partial charge is 0.308 e. The quantitative estimate of drug-likeness (QED) is 0.782. The van der Waals surface area contributed by atoms with Crippen molar-refractivity contribution in [1.82, 2.24) is 10.3 Å². The zero-order chi connectivity index (χ0) is 12.8. The highest BCUT2D eigenvalue weighted by Gasteiger charge is 2.20. The van der Waals surface area contributed by atoms with Crippen LogP contribution >= 0.6 is 11.3 Å². The van der Waals surface area contributed by atoms with Crippen LogP contribution in [-0.2, 0) is 0 Å². The number of hydrogen-bond donors (Lipinski definition) is 1. The zero-order valence-electron chi connectivity index (χ0n) is 11.8. The lowest BCUT2D eigenvalue weighted by Crippen LogP contribution is -2.27. The van der Waals surface area contributed by atoms with Gasteiger partial charge in [-0.15, -0.1) is 11.3 Å². The lowest BCUT2D eigenvalue weighted by Gasteiger charge is -2.22. The predicted octanol–water partition coefficient (Wildman–Crippen LogP) is 4.35. The highest BCUT2D eigenvalue weighted by Crippen LogP contribution is 2.29. The molecule has 0 spiro atoms. The third-order valence-corrected chi connectivity index (χ3v) is 4.17. The number of aromatic nitrogens is 1. The fourth-order valence-electron chi connectivity index (χ4n) is 1.78. The Morgan fingerprint density at radius 3 is 2.47 bits per heavy atom.